The minimum absolute atomic E-state index is 0.144. The van der Waals surface area contributed by atoms with E-state index in [2.05, 4.69) is 50.9 Å². The highest BCUT2D eigenvalue weighted by atomic mass is 79.9. The van der Waals surface area contributed by atoms with Gasteiger partial charge in [0.2, 0.25) is 0 Å². The van der Waals surface area contributed by atoms with Gasteiger partial charge in [0.1, 0.15) is 6.61 Å². The molecule has 0 saturated carbocycles. The van der Waals surface area contributed by atoms with E-state index < -0.39 is 23.6 Å². The summed E-state index contributed by atoms with van der Waals surface area (Å²) >= 11 is 3.39. The summed E-state index contributed by atoms with van der Waals surface area (Å²) in [4.78, 5) is 37.2. The Bertz CT molecular complexity index is 1660. The number of benzene rings is 4. The quantitative estimate of drug-likeness (QED) is 0.184. The Balaban J connectivity index is 1.12. The summed E-state index contributed by atoms with van der Waals surface area (Å²) < 4.78 is 43.6. The lowest BCUT2D eigenvalue weighted by molar-refractivity contribution is -0.156. The highest BCUT2D eigenvalue weighted by Crippen LogP contribution is 2.32. The Hall–Kier alpha value is -4.64. The zero-order valence-corrected chi connectivity index (χ0v) is 24.2. The second-order valence-corrected chi connectivity index (χ2v) is 10.7. The minimum atomic E-state index is -4.46. The van der Waals surface area contributed by atoms with Crippen molar-refractivity contribution in [2.45, 2.75) is 25.7 Å². The summed E-state index contributed by atoms with van der Waals surface area (Å²) in [5.41, 5.74) is 7.83. The number of esters is 1. The number of carbonyl (C=O) groups is 3. The maximum atomic E-state index is 13.0. The van der Waals surface area contributed by atoms with Crippen LogP contribution in [0, 0.1) is 0 Å². The van der Waals surface area contributed by atoms with E-state index in [1.165, 1.54) is 23.3 Å². The molecule has 43 heavy (non-hydrogen) atoms. The van der Waals surface area contributed by atoms with Crippen molar-refractivity contribution >= 4 is 39.4 Å². The van der Waals surface area contributed by atoms with Crippen LogP contribution in [0.3, 0.4) is 0 Å². The number of alkyl halides is 3. The Morgan fingerprint density at radius 2 is 1.65 bits per heavy atom. The van der Waals surface area contributed by atoms with Crippen molar-refractivity contribution in [1.82, 2.24) is 10.7 Å². The third-order valence-corrected chi connectivity index (χ3v) is 7.66. The lowest BCUT2D eigenvalue weighted by atomic mass is 9.95. The second-order valence-electron chi connectivity index (χ2n) is 9.81. The van der Waals surface area contributed by atoms with Crippen molar-refractivity contribution in [2.24, 2.45) is 0 Å². The van der Waals surface area contributed by atoms with Gasteiger partial charge in [0.25, 0.3) is 5.91 Å². The van der Waals surface area contributed by atoms with Crippen molar-refractivity contribution in [2.75, 3.05) is 11.6 Å². The van der Waals surface area contributed by atoms with E-state index in [-0.39, 0.29) is 19.1 Å². The van der Waals surface area contributed by atoms with Gasteiger partial charge in [-0.05, 0) is 65.1 Å². The number of nitrogens with zero attached hydrogens (tertiary/aromatic N) is 1. The molecule has 4 aromatic carbocycles. The molecule has 0 spiro atoms. The zero-order valence-electron chi connectivity index (χ0n) is 22.6. The van der Waals surface area contributed by atoms with Gasteiger partial charge in [0, 0.05) is 28.7 Å². The molecule has 7 nitrogen and oxygen atoms in total. The molecule has 0 radical (unpaired) electrons. The number of ether oxygens (including phenoxy) is 1. The van der Waals surface area contributed by atoms with E-state index in [9.17, 15) is 27.6 Å². The topological polar surface area (TPSA) is 87.7 Å². The molecule has 2 N–H and O–H groups in total. The first-order valence-electron chi connectivity index (χ1n) is 13.2. The van der Waals surface area contributed by atoms with Crippen LogP contribution in [0.1, 0.15) is 32.6 Å². The highest BCUT2D eigenvalue weighted by Gasteiger charge is 2.30. The molecule has 4 aromatic rings. The normalized spacial score (nSPS) is 12.4. The Morgan fingerprint density at radius 3 is 2.35 bits per heavy atom. The molecule has 2 amide bonds. The lowest BCUT2D eigenvalue weighted by Crippen LogP contribution is -2.45. The van der Waals surface area contributed by atoms with Crippen molar-refractivity contribution in [3.63, 3.8) is 0 Å². The largest absolute Gasteiger partial charge is 0.454 e. The van der Waals surface area contributed by atoms with Crippen LogP contribution in [-0.4, -0.2) is 24.3 Å². The second kappa shape index (κ2) is 12.7. The van der Waals surface area contributed by atoms with Crippen LogP contribution in [0.2, 0.25) is 0 Å². The number of amides is 2. The van der Waals surface area contributed by atoms with Crippen LogP contribution < -0.4 is 15.8 Å². The molecule has 0 aliphatic carbocycles. The van der Waals surface area contributed by atoms with Crippen molar-refractivity contribution in [3.05, 3.63) is 123 Å². The SMILES string of the molecule is O=C(NCc1ccc(C(F)(F)F)cc1)C(=O)OCc1ccc(C(=O)NN2CCc3cc2ccc3-c2ccccc2)cc1Br. The zero-order chi connectivity index (χ0) is 30.6. The number of anilines is 1. The number of hydrogen-bond donors (Lipinski definition) is 2. The highest BCUT2D eigenvalue weighted by molar-refractivity contribution is 9.10. The van der Waals surface area contributed by atoms with Crippen LogP contribution in [0.4, 0.5) is 18.9 Å². The van der Waals surface area contributed by atoms with Crippen molar-refractivity contribution in [3.8, 4) is 11.1 Å². The molecule has 1 aliphatic rings. The molecule has 5 rings (SSSR count). The third kappa shape index (κ3) is 7.23. The van der Waals surface area contributed by atoms with Gasteiger partial charge in [-0.25, -0.2) is 4.79 Å². The Labute approximate surface area is 253 Å². The molecular weight excluding hydrogens is 627 g/mol. The van der Waals surface area contributed by atoms with Gasteiger partial charge in [-0.2, -0.15) is 13.2 Å². The molecule has 1 aliphatic heterocycles. The first kappa shape index (κ1) is 29.8. The van der Waals surface area contributed by atoms with E-state index in [4.69, 9.17) is 4.74 Å². The van der Waals surface area contributed by atoms with Gasteiger partial charge < -0.3 is 10.1 Å². The van der Waals surface area contributed by atoms with Gasteiger partial charge in [0.05, 0.1) is 11.3 Å². The van der Waals surface area contributed by atoms with E-state index in [1.54, 1.807) is 23.2 Å². The molecular formula is C32H25BrF3N3O4. The average molecular weight is 652 g/mol. The first-order valence-corrected chi connectivity index (χ1v) is 14.0. The van der Waals surface area contributed by atoms with E-state index in [0.717, 1.165) is 29.8 Å². The summed E-state index contributed by atoms with van der Waals surface area (Å²) in [5.74, 6) is -2.50. The molecule has 0 atom stereocenters. The summed E-state index contributed by atoms with van der Waals surface area (Å²) in [5, 5.41) is 4.12. The van der Waals surface area contributed by atoms with Gasteiger partial charge in [-0.3, -0.25) is 20.0 Å². The van der Waals surface area contributed by atoms with E-state index in [1.807, 2.05) is 24.3 Å². The number of hydrogen-bond acceptors (Lipinski definition) is 5. The molecule has 11 heteroatoms. The maximum absolute atomic E-state index is 13.0. The van der Waals surface area contributed by atoms with E-state index in [0.29, 0.717) is 27.7 Å². The summed E-state index contributed by atoms with van der Waals surface area (Å²) in [7, 11) is 0. The molecule has 0 unspecified atom stereocenters. The van der Waals surface area contributed by atoms with Crippen molar-refractivity contribution < 1.29 is 32.3 Å². The summed E-state index contributed by atoms with van der Waals surface area (Å²) in [6.07, 6.45) is -3.69. The maximum Gasteiger partial charge on any atom is 0.416 e. The molecule has 0 saturated heterocycles. The predicted molar refractivity (Wildman–Crippen MR) is 158 cm³/mol. The molecule has 0 aromatic heterocycles. The Morgan fingerprint density at radius 1 is 0.907 bits per heavy atom. The fraction of sp³-hybridized carbons (Fsp3) is 0.156. The third-order valence-electron chi connectivity index (χ3n) is 6.92. The number of nitrogens with one attached hydrogen (secondary N) is 2. The average Bonchev–Trinajstić information content (AvgIpc) is 3.00. The van der Waals surface area contributed by atoms with Crippen LogP contribution in [0.25, 0.3) is 11.1 Å². The Kier molecular flexibility index (Phi) is 8.81. The molecule has 1 heterocycles. The van der Waals surface area contributed by atoms with Crippen LogP contribution in [0.5, 0.6) is 0 Å². The number of hydrazine groups is 1. The standard InChI is InChI=1S/C32H25BrF3N3O4/c33-28-17-23(29(40)38-39-15-14-22-16-26(39)12-13-27(22)21-4-2-1-3-5-21)8-9-24(28)19-43-31(42)30(41)37-18-20-6-10-25(11-7-20)32(34,35)36/h1-13,16-17H,14-15,18-19H2,(H,37,41)(H,38,40). The van der Waals surface area contributed by atoms with Gasteiger partial charge in [-0.15, -0.1) is 0 Å². The number of carbonyl (C=O) groups excluding carboxylic acids is 3. The van der Waals surface area contributed by atoms with Crippen molar-refractivity contribution in [1.29, 1.82) is 0 Å². The predicted octanol–water partition coefficient (Wildman–Crippen LogP) is 6.20. The number of halogens is 4. The molecule has 220 valence electrons. The molecule has 2 bridgehead atoms. The van der Waals surface area contributed by atoms with Gasteiger partial charge in [0.15, 0.2) is 0 Å². The van der Waals surface area contributed by atoms with Crippen LogP contribution >= 0.6 is 15.9 Å². The molecule has 0 fully saturated rings. The fourth-order valence-corrected chi connectivity index (χ4v) is 5.10. The summed E-state index contributed by atoms with van der Waals surface area (Å²) in [6, 6.07) is 25.2. The van der Waals surface area contributed by atoms with Gasteiger partial charge >= 0.3 is 18.1 Å². The van der Waals surface area contributed by atoms with Crippen LogP contribution in [-0.2, 0) is 40.1 Å². The van der Waals surface area contributed by atoms with Crippen LogP contribution in [0.15, 0.2) is 95.5 Å². The summed E-state index contributed by atoms with van der Waals surface area (Å²) in [6.45, 7) is 0.233. The smallest absolute Gasteiger partial charge is 0.416 e. The monoisotopic (exact) mass is 651 g/mol. The van der Waals surface area contributed by atoms with E-state index >= 15 is 0 Å². The fourth-order valence-electron chi connectivity index (χ4n) is 4.60. The first-order chi connectivity index (χ1) is 20.6. The minimum Gasteiger partial charge on any atom is -0.454 e. The number of fused-ring (bicyclic) bond motifs is 2. The lowest BCUT2D eigenvalue weighted by Gasteiger charge is -2.30. The van der Waals surface area contributed by atoms with Gasteiger partial charge in [-0.1, -0.05) is 70.5 Å². The number of rotatable bonds is 7.